The number of amides is 1. The number of oxime groups is 1. The fourth-order valence-electron chi connectivity index (χ4n) is 3.31. The lowest BCUT2D eigenvalue weighted by Crippen LogP contribution is -2.28. The van der Waals surface area contributed by atoms with Crippen LogP contribution >= 0.6 is 0 Å². The predicted molar refractivity (Wildman–Crippen MR) is 117 cm³/mol. The number of hydrogen-bond acceptors (Lipinski definition) is 9. The van der Waals surface area contributed by atoms with Gasteiger partial charge in [-0.25, -0.2) is 0 Å². The molecule has 2 aromatic carbocycles. The highest BCUT2D eigenvalue weighted by Crippen LogP contribution is 2.41. The molecule has 10 nitrogen and oxygen atoms in total. The molecule has 0 spiro atoms. The van der Waals surface area contributed by atoms with Crippen molar-refractivity contribution in [1.29, 1.82) is 0 Å². The van der Waals surface area contributed by atoms with Crippen LogP contribution in [0.3, 0.4) is 0 Å². The van der Waals surface area contributed by atoms with Crippen LogP contribution in [0.4, 0.5) is 5.69 Å². The average molecular weight is 446 g/mol. The van der Waals surface area contributed by atoms with Gasteiger partial charge in [0.1, 0.15) is 0 Å². The topological polar surface area (TPSA) is 106 Å². The van der Waals surface area contributed by atoms with Crippen LogP contribution in [0.25, 0.3) is 0 Å². The Kier molecular flexibility index (Phi) is 7.14. The molecule has 3 rings (SSSR count). The van der Waals surface area contributed by atoms with Crippen LogP contribution in [-0.2, 0) is 9.63 Å². The van der Waals surface area contributed by atoms with E-state index >= 15 is 0 Å². The predicted octanol–water partition coefficient (Wildman–Crippen LogP) is 2.87. The number of benzene rings is 2. The summed E-state index contributed by atoms with van der Waals surface area (Å²) in [6, 6.07) is 6.77. The van der Waals surface area contributed by atoms with Gasteiger partial charge in [-0.3, -0.25) is 4.79 Å². The molecule has 0 aliphatic carbocycles. The molecule has 1 N–H and O–H groups in total. The molecule has 1 heterocycles. The number of carbonyl (C=O) groups is 1. The van der Waals surface area contributed by atoms with Gasteiger partial charge in [-0.05, 0) is 12.1 Å². The second-order valence-corrected chi connectivity index (χ2v) is 6.65. The molecule has 1 aliphatic heterocycles. The Morgan fingerprint density at radius 1 is 0.812 bits per heavy atom. The van der Waals surface area contributed by atoms with E-state index in [1.54, 1.807) is 24.3 Å². The minimum Gasteiger partial charge on any atom is -0.493 e. The van der Waals surface area contributed by atoms with Gasteiger partial charge in [0.05, 0.1) is 48.4 Å². The number of ether oxygens (including phenoxy) is 6. The van der Waals surface area contributed by atoms with Crippen molar-refractivity contribution in [1.82, 2.24) is 0 Å². The van der Waals surface area contributed by atoms with Crippen LogP contribution < -0.4 is 33.7 Å². The van der Waals surface area contributed by atoms with Crippen LogP contribution in [0.1, 0.15) is 12.0 Å². The van der Waals surface area contributed by atoms with Gasteiger partial charge in [0, 0.05) is 29.8 Å². The smallest absolute Gasteiger partial charge is 0.268 e. The van der Waals surface area contributed by atoms with Crippen LogP contribution in [0, 0.1) is 0 Å². The third-order valence-electron chi connectivity index (χ3n) is 4.89. The summed E-state index contributed by atoms with van der Waals surface area (Å²) >= 11 is 0. The Hall–Kier alpha value is -3.82. The first kappa shape index (κ1) is 22.9. The van der Waals surface area contributed by atoms with Crippen molar-refractivity contribution in [2.24, 2.45) is 5.16 Å². The quantitative estimate of drug-likeness (QED) is 0.627. The maximum absolute atomic E-state index is 12.8. The molecule has 1 atom stereocenters. The lowest BCUT2D eigenvalue weighted by atomic mass is 10.0. The first-order valence-electron chi connectivity index (χ1n) is 9.63. The number of nitrogens with one attached hydrogen (secondary N) is 1. The zero-order valence-electron chi connectivity index (χ0n) is 18.8. The Balaban J connectivity index is 1.77. The molecular weight excluding hydrogens is 420 g/mol. The van der Waals surface area contributed by atoms with Crippen molar-refractivity contribution in [2.45, 2.75) is 12.5 Å². The van der Waals surface area contributed by atoms with Gasteiger partial charge < -0.3 is 38.6 Å². The van der Waals surface area contributed by atoms with E-state index in [-0.39, 0.29) is 12.3 Å². The molecule has 0 radical (unpaired) electrons. The summed E-state index contributed by atoms with van der Waals surface area (Å²) in [7, 11) is 9.09. The molecule has 0 fully saturated rings. The van der Waals surface area contributed by atoms with Gasteiger partial charge in [0.15, 0.2) is 23.0 Å². The maximum Gasteiger partial charge on any atom is 0.268 e. The fraction of sp³-hybridized carbons (Fsp3) is 0.364. The SMILES string of the molecule is COc1cc(NC(=O)[C@@H]2CC(c3cc(OC)c(OC)c(OC)c3)=NO2)cc(OC)c1OC. The van der Waals surface area contributed by atoms with Crippen molar-refractivity contribution in [2.75, 3.05) is 48.0 Å². The van der Waals surface area contributed by atoms with E-state index in [0.717, 1.165) is 0 Å². The van der Waals surface area contributed by atoms with E-state index < -0.39 is 6.10 Å². The number of nitrogens with zero attached hydrogens (tertiary/aromatic N) is 1. The third kappa shape index (κ3) is 4.43. The van der Waals surface area contributed by atoms with Crippen molar-refractivity contribution in [3.63, 3.8) is 0 Å². The molecular formula is C22H26N2O8. The highest BCUT2D eigenvalue weighted by Gasteiger charge is 2.30. The van der Waals surface area contributed by atoms with E-state index in [9.17, 15) is 4.79 Å². The zero-order valence-corrected chi connectivity index (χ0v) is 18.8. The van der Waals surface area contributed by atoms with Gasteiger partial charge in [-0.1, -0.05) is 5.16 Å². The number of carbonyl (C=O) groups excluding carboxylic acids is 1. The largest absolute Gasteiger partial charge is 0.493 e. The fourth-order valence-corrected chi connectivity index (χ4v) is 3.31. The van der Waals surface area contributed by atoms with Crippen LogP contribution in [0.2, 0.25) is 0 Å². The van der Waals surface area contributed by atoms with Gasteiger partial charge in [0.2, 0.25) is 17.6 Å². The average Bonchev–Trinajstić information content (AvgIpc) is 3.32. The molecule has 0 saturated heterocycles. The van der Waals surface area contributed by atoms with E-state index in [1.807, 2.05) is 0 Å². The standard InChI is InChI=1S/C22H26N2O8/c1-26-15-7-12(8-16(27-2)20(15)30-5)14-11-19(32-24-14)22(25)23-13-9-17(28-3)21(31-6)18(10-13)29-4/h7-10,19H,11H2,1-6H3,(H,23,25)/t19-/m0/s1. The number of rotatable bonds is 9. The van der Waals surface area contributed by atoms with Crippen molar-refractivity contribution < 1.29 is 38.1 Å². The second-order valence-electron chi connectivity index (χ2n) is 6.65. The van der Waals surface area contributed by atoms with Crippen LogP contribution in [0.15, 0.2) is 29.4 Å². The first-order chi connectivity index (χ1) is 15.5. The third-order valence-corrected chi connectivity index (χ3v) is 4.89. The molecule has 32 heavy (non-hydrogen) atoms. The lowest BCUT2D eigenvalue weighted by Gasteiger charge is -2.15. The Labute approximate surface area is 185 Å². The molecule has 2 aromatic rings. The second kappa shape index (κ2) is 9.99. The Morgan fingerprint density at radius 2 is 1.28 bits per heavy atom. The highest BCUT2D eigenvalue weighted by atomic mass is 16.6. The summed E-state index contributed by atoms with van der Waals surface area (Å²) < 4.78 is 32.0. The number of hydrogen-bond donors (Lipinski definition) is 1. The van der Waals surface area contributed by atoms with Crippen LogP contribution in [-0.4, -0.2) is 60.4 Å². The Morgan fingerprint density at radius 3 is 1.72 bits per heavy atom. The monoisotopic (exact) mass is 446 g/mol. The summed E-state index contributed by atoms with van der Waals surface area (Å²) in [6.07, 6.45) is -0.558. The minimum atomic E-state index is -0.816. The zero-order chi connectivity index (χ0) is 23.3. The molecule has 0 aromatic heterocycles. The Bertz CT molecular complexity index is 971. The number of anilines is 1. The van der Waals surface area contributed by atoms with Gasteiger partial charge in [-0.15, -0.1) is 0 Å². The first-order valence-corrected chi connectivity index (χ1v) is 9.63. The van der Waals surface area contributed by atoms with E-state index in [4.69, 9.17) is 33.3 Å². The lowest BCUT2D eigenvalue weighted by molar-refractivity contribution is -0.125. The molecule has 172 valence electrons. The molecule has 1 aliphatic rings. The van der Waals surface area contributed by atoms with Crippen molar-refractivity contribution in [3.8, 4) is 34.5 Å². The van der Waals surface area contributed by atoms with Gasteiger partial charge in [0.25, 0.3) is 5.91 Å². The van der Waals surface area contributed by atoms with E-state index in [1.165, 1.54) is 42.7 Å². The highest BCUT2D eigenvalue weighted by molar-refractivity contribution is 6.06. The molecule has 0 saturated carbocycles. The minimum absolute atomic E-state index is 0.259. The van der Waals surface area contributed by atoms with E-state index in [0.29, 0.717) is 51.5 Å². The van der Waals surface area contributed by atoms with Crippen LogP contribution in [0.5, 0.6) is 34.5 Å². The summed E-state index contributed by atoms with van der Waals surface area (Å²) in [5, 5.41) is 6.88. The van der Waals surface area contributed by atoms with Gasteiger partial charge in [-0.2, -0.15) is 0 Å². The molecule has 10 heteroatoms. The summed E-state index contributed by atoms with van der Waals surface area (Å²) in [5.41, 5.74) is 1.74. The summed E-state index contributed by atoms with van der Waals surface area (Å²) in [4.78, 5) is 18.2. The van der Waals surface area contributed by atoms with Crippen molar-refractivity contribution >= 4 is 17.3 Å². The summed E-state index contributed by atoms with van der Waals surface area (Å²) in [6.45, 7) is 0. The molecule has 0 unspecified atom stereocenters. The molecule has 1 amide bonds. The molecule has 0 bridgehead atoms. The summed E-state index contributed by atoms with van der Waals surface area (Å²) in [5.74, 6) is 2.33. The van der Waals surface area contributed by atoms with E-state index in [2.05, 4.69) is 10.5 Å². The van der Waals surface area contributed by atoms with Crippen molar-refractivity contribution in [3.05, 3.63) is 29.8 Å². The number of methoxy groups -OCH3 is 6. The maximum atomic E-state index is 12.8. The normalized spacial score (nSPS) is 14.7. The van der Waals surface area contributed by atoms with Gasteiger partial charge >= 0.3 is 0 Å².